The van der Waals surface area contributed by atoms with Crippen molar-refractivity contribution in [1.82, 2.24) is 9.97 Å². The lowest BCUT2D eigenvalue weighted by Gasteiger charge is -2.23. The first-order chi connectivity index (χ1) is 22.9. The molecule has 16 heteroatoms. The van der Waals surface area contributed by atoms with Crippen LogP contribution in [0.1, 0.15) is 16.8 Å². The number of aryl methyl sites for hydroxylation is 1. The molecule has 0 fully saturated rings. The lowest BCUT2D eigenvalue weighted by molar-refractivity contribution is -0.138. The number of hydrogen-bond acceptors (Lipinski definition) is 6. The molecule has 2 aliphatic heterocycles. The molecule has 0 bridgehead atoms. The first-order valence-corrected chi connectivity index (χ1v) is 17.2. The normalized spacial score (nSPS) is 15.4. The van der Waals surface area contributed by atoms with Crippen molar-refractivity contribution in [2.45, 2.75) is 29.1 Å². The van der Waals surface area contributed by atoms with Gasteiger partial charge >= 0.3 is 12.4 Å². The van der Waals surface area contributed by atoms with E-state index < -0.39 is 43.5 Å². The largest absolute Gasteiger partial charge is 0.416 e. The molecule has 0 atom stereocenters. The summed E-state index contributed by atoms with van der Waals surface area (Å²) in [6.07, 6.45) is -7.62. The highest BCUT2D eigenvalue weighted by Gasteiger charge is 2.37. The van der Waals surface area contributed by atoms with E-state index in [1.54, 1.807) is 55.5 Å². The van der Waals surface area contributed by atoms with Crippen LogP contribution in [0.5, 0.6) is 0 Å². The van der Waals surface area contributed by atoms with Crippen molar-refractivity contribution < 1.29 is 43.2 Å². The minimum Gasteiger partial charge on any atom is -0.277 e. The number of fused-ring (bicyclic) bond motifs is 10. The lowest BCUT2D eigenvalue weighted by Crippen LogP contribution is -2.20. The van der Waals surface area contributed by atoms with Crippen molar-refractivity contribution in [2.24, 2.45) is 0 Å². The Labute approximate surface area is 274 Å². The van der Waals surface area contributed by atoms with Crippen molar-refractivity contribution >= 4 is 53.2 Å². The van der Waals surface area contributed by atoms with E-state index in [0.717, 1.165) is 36.4 Å². The molecule has 0 aliphatic carbocycles. The number of halogens is 6. The van der Waals surface area contributed by atoms with Crippen LogP contribution in [0, 0.1) is 6.92 Å². The van der Waals surface area contributed by atoms with Gasteiger partial charge in [-0.25, -0.2) is 16.8 Å². The Bertz CT molecular complexity index is 2590. The number of benzene rings is 4. The zero-order valence-corrected chi connectivity index (χ0v) is 26.4. The predicted molar refractivity (Wildman–Crippen MR) is 171 cm³/mol. The summed E-state index contributed by atoms with van der Waals surface area (Å²) in [6, 6.07) is 18.9. The Morgan fingerprint density at radius 1 is 0.571 bits per heavy atom. The monoisotopic (exact) mass is 714 g/mol. The summed E-state index contributed by atoms with van der Waals surface area (Å²) in [7, 11) is -7.95. The number of alkyl halides is 6. The number of nitrogens with one attached hydrogen (secondary N) is 2. The molecule has 8 rings (SSSR count). The maximum Gasteiger partial charge on any atom is 0.416 e. The Kier molecular flexibility index (Phi) is 7.19. The number of rotatable bonds is 0. The number of hydrogen-bond donors (Lipinski definition) is 2. The molecule has 4 aromatic carbocycles. The van der Waals surface area contributed by atoms with Crippen LogP contribution < -0.4 is 9.44 Å². The predicted octanol–water partition coefficient (Wildman–Crippen LogP) is 8.38. The molecule has 250 valence electrons. The van der Waals surface area contributed by atoms with E-state index in [-0.39, 0.29) is 32.3 Å². The van der Waals surface area contributed by atoms with Gasteiger partial charge in [0, 0.05) is 44.9 Å². The maximum absolute atomic E-state index is 13.1. The summed E-state index contributed by atoms with van der Waals surface area (Å²) in [5.74, 6) is 0. The van der Waals surface area contributed by atoms with E-state index in [0.29, 0.717) is 38.6 Å². The second-order valence-corrected chi connectivity index (χ2v) is 14.5. The van der Waals surface area contributed by atoms with Crippen molar-refractivity contribution in [3.05, 3.63) is 108 Å². The average Bonchev–Trinajstić information content (AvgIpc) is 3.03. The Balaban J connectivity index is 0.000000154. The molecule has 0 spiro atoms. The minimum atomic E-state index is -4.56. The third-order valence-electron chi connectivity index (χ3n) is 8.02. The summed E-state index contributed by atoms with van der Waals surface area (Å²) < 4.78 is 133. The summed E-state index contributed by atoms with van der Waals surface area (Å²) in [5.41, 5.74) is 0.865. The van der Waals surface area contributed by atoms with E-state index in [4.69, 9.17) is 0 Å². The van der Waals surface area contributed by atoms with Gasteiger partial charge < -0.3 is 0 Å². The fourth-order valence-electron chi connectivity index (χ4n) is 5.77. The second-order valence-electron chi connectivity index (χ2n) is 11.2. The van der Waals surface area contributed by atoms with Crippen LogP contribution in [0.2, 0.25) is 0 Å². The zero-order valence-electron chi connectivity index (χ0n) is 24.8. The summed E-state index contributed by atoms with van der Waals surface area (Å²) >= 11 is 0. The van der Waals surface area contributed by atoms with Crippen LogP contribution >= 0.6 is 0 Å². The van der Waals surface area contributed by atoms with Gasteiger partial charge in [0.1, 0.15) is 0 Å². The standard InChI is InChI=1S/C17H11F3N2O2S.C16H9F3N2O2S/c1-9-2-3-10-4-6-12-13-8-11(17(18,19)20)5-7-14(13)25(23,24)22-16(12)15(10)21-9;17-16(18,19)10-4-6-13-12(8-10)11-5-3-9-2-1-7-20-14(9)15(11)21-24(13,22)23/h2-8,22H,1H3;1-8,21H. The molecule has 49 heavy (non-hydrogen) atoms. The maximum atomic E-state index is 13.1. The summed E-state index contributed by atoms with van der Waals surface area (Å²) in [6.45, 7) is 1.76. The molecule has 2 aromatic heterocycles. The molecular formula is C33H20F6N4O4S2. The molecule has 0 radical (unpaired) electrons. The Morgan fingerprint density at radius 2 is 1.04 bits per heavy atom. The third-order valence-corrected chi connectivity index (χ3v) is 10.8. The molecular weight excluding hydrogens is 695 g/mol. The van der Waals surface area contributed by atoms with Crippen molar-refractivity contribution in [3.63, 3.8) is 0 Å². The molecule has 0 amide bonds. The van der Waals surface area contributed by atoms with Gasteiger partial charge in [-0.1, -0.05) is 36.4 Å². The highest BCUT2D eigenvalue weighted by Crippen LogP contribution is 2.46. The fraction of sp³-hybridized carbons (Fsp3) is 0.0909. The number of anilines is 2. The molecule has 0 saturated heterocycles. The van der Waals surface area contributed by atoms with Gasteiger partial charge in [-0.2, -0.15) is 26.3 Å². The number of pyridine rings is 2. The third kappa shape index (κ3) is 5.59. The summed E-state index contributed by atoms with van der Waals surface area (Å²) in [5, 5.41) is 1.39. The van der Waals surface area contributed by atoms with Crippen molar-refractivity contribution in [3.8, 4) is 22.3 Å². The van der Waals surface area contributed by atoms with Crippen LogP contribution in [-0.2, 0) is 32.4 Å². The average molecular weight is 715 g/mol. The van der Waals surface area contributed by atoms with Gasteiger partial charge in [0.05, 0.1) is 43.3 Å². The molecule has 4 heterocycles. The van der Waals surface area contributed by atoms with Crippen molar-refractivity contribution in [2.75, 3.05) is 9.44 Å². The molecule has 6 aromatic rings. The molecule has 2 aliphatic rings. The molecule has 0 unspecified atom stereocenters. The van der Waals surface area contributed by atoms with Gasteiger partial charge in [-0.05, 0) is 55.5 Å². The van der Waals surface area contributed by atoms with Gasteiger partial charge in [-0.15, -0.1) is 0 Å². The SMILES string of the molecule is Cc1ccc2ccc3c(c2n1)NS(=O)(=O)c1ccc(C(F)(F)F)cc1-3.O=S1(=O)Nc2c(ccc3cccnc23)-c2cc(C(F)(F)F)ccc21. The van der Waals surface area contributed by atoms with E-state index in [1.807, 2.05) is 0 Å². The van der Waals surface area contributed by atoms with Crippen LogP contribution in [-0.4, -0.2) is 26.8 Å². The van der Waals surface area contributed by atoms with Gasteiger partial charge in [0.25, 0.3) is 20.0 Å². The topological polar surface area (TPSA) is 118 Å². The van der Waals surface area contributed by atoms with E-state index in [2.05, 4.69) is 19.4 Å². The van der Waals surface area contributed by atoms with E-state index >= 15 is 0 Å². The Morgan fingerprint density at radius 3 is 1.55 bits per heavy atom. The zero-order chi connectivity index (χ0) is 35.1. The van der Waals surface area contributed by atoms with E-state index in [9.17, 15) is 43.2 Å². The first-order valence-electron chi connectivity index (χ1n) is 14.2. The highest BCUT2D eigenvalue weighted by molar-refractivity contribution is 7.93. The summed E-state index contributed by atoms with van der Waals surface area (Å²) in [4.78, 5) is 8.14. The van der Waals surface area contributed by atoms with Gasteiger partial charge in [0.2, 0.25) is 0 Å². The Hall–Kier alpha value is -5.22. The highest BCUT2D eigenvalue weighted by atomic mass is 32.2. The molecule has 0 saturated carbocycles. The van der Waals surface area contributed by atoms with Gasteiger partial charge in [0.15, 0.2) is 0 Å². The first kappa shape index (κ1) is 32.3. The lowest BCUT2D eigenvalue weighted by atomic mass is 9.98. The minimum absolute atomic E-state index is 0.0196. The smallest absolute Gasteiger partial charge is 0.277 e. The van der Waals surface area contributed by atoms with Crippen molar-refractivity contribution in [1.29, 1.82) is 0 Å². The van der Waals surface area contributed by atoms with Crippen LogP contribution in [0.4, 0.5) is 37.7 Å². The fourth-order valence-corrected chi connectivity index (χ4v) is 8.35. The number of aromatic nitrogens is 2. The number of nitrogens with zero attached hydrogens (tertiary/aromatic N) is 2. The van der Waals surface area contributed by atoms with Gasteiger partial charge in [-0.3, -0.25) is 19.4 Å². The van der Waals surface area contributed by atoms with Crippen LogP contribution in [0.25, 0.3) is 44.1 Å². The van der Waals surface area contributed by atoms with Crippen LogP contribution in [0.3, 0.4) is 0 Å². The molecule has 2 N–H and O–H groups in total. The quantitative estimate of drug-likeness (QED) is 0.153. The second kappa shape index (κ2) is 10.9. The van der Waals surface area contributed by atoms with Crippen LogP contribution in [0.15, 0.2) is 101 Å². The van der Waals surface area contributed by atoms with E-state index in [1.165, 1.54) is 6.20 Å². The number of sulfonamides is 2. The molecule has 8 nitrogen and oxygen atoms in total.